The molecule has 0 aliphatic heterocycles. The van der Waals surface area contributed by atoms with Crippen LogP contribution < -0.4 is 10.0 Å². The largest absolute Gasteiger partial charge is 0.478 e. The topological polar surface area (TPSA) is 113 Å². The van der Waals surface area contributed by atoms with Crippen molar-refractivity contribution in [3.63, 3.8) is 0 Å². The Balaban J connectivity index is 1.78. The molecule has 1 unspecified atom stereocenters. The number of benzene rings is 3. The van der Waals surface area contributed by atoms with Crippen LogP contribution in [0.4, 0.5) is 0 Å². The summed E-state index contributed by atoms with van der Waals surface area (Å²) in [4.78, 5) is 24.0. The van der Waals surface area contributed by atoms with Gasteiger partial charge in [0.05, 0.1) is 4.90 Å². The predicted octanol–water partition coefficient (Wildman–Crippen LogP) is 4.72. The molecule has 3 rings (SSSR count). The summed E-state index contributed by atoms with van der Waals surface area (Å²) in [6.45, 7) is 1.16. The Kier molecular flexibility index (Phi) is 8.82. The number of aliphatic carboxylic acids is 1. The van der Waals surface area contributed by atoms with Gasteiger partial charge in [0.1, 0.15) is 0 Å². The zero-order valence-corrected chi connectivity index (χ0v) is 21.6. The number of rotatable bonds is 11. The molecule has 0 fully saturated rings. The van der Waals surface area contributed by atoms with Crippen molar-refractivity contribution in [2.24, 2.45) is 0 Å². The Labute approximate surface area is 213 Å². The molecule has 9 heteroatoms. The van der Waals surface area contributed by atoms with Crippen molar-refractivity contribution in [1.82, 2.24) is 10.0 Å². The summed E-state index contributed by atoms with van der Waals surface area (Å²) in [5.41, 5.74) is 0.649. The van der Waals surface area contributed by atoms with Crippen molar-refractivity contribution in [1.29, 1.82) is 0 Å². The molecule has 0 radical (unpaired) electrons. The highest BCUT2D eigenvalue weighted by Crippen LogP contribution is 2.24. The van der Waals surface area contributed by atoms with Gasteiger partial charge >= 0.3 is 5.97 Å². The molecule has 0 saturated heterocycles. The second-order valence-corrected chi connectivity index (χ2v) is 10.8. The molecule has 0 spiro atoms. The van der Waals surface area contributed by atoms with Gasteiger partial charge < -0.3 is 10.4 Å². The van der Waals surface area contributed by atoms with Crippen molar-refractivity contribution in [2.75, 3.05) is 0 Å². The maximum Gasteiger partial charge on any atom is 0.345 e. The molecule has 1 atom stereocenters. The summed E-state index contributed by atoms with van der Waals surface area (Å²) in [6, 6.07) is 23.4. The maximum atomic E-state index is 13.1. The van der Waals surface area contributed by atoms with E-state index in [0.717, 1.165) is 28.1 Å². The normalized spacial score (nSPS) is 13.1. The van der Waals surface area contributed by atoms with Crippen molar-refractivity contribution in [3.05, 3.63) is 88.9 Å². The molecule has 1 amide bonds. The van der Waals surface area contributed by atoms with Gasteiger partial charge in [0, 0.05) is 11.4 Å². The van der Waals surface area contributed by atoms with Crippen LogP contribution in [0.15, 0.2) is 88.2 Å². The van der Waals surface area contributed by atoms with Gasteiger partial charge in [0.15, 0.2) is 0 Å². The third-order valence-electron chi connectivity index (χ3n) is 5.52. The number of amides is 1. The Hall–Kier alpha value is -3.01. The van der Waals surface area contributed by atoms with Crippen LogP contribution >= 0.6 is 15.9 Å². The second-order valence-electron chi connectivity index (χ2n) is 8.22. The lowest BCUT2D eigenvalue weighted by Crippen LogP contribution is -2.65. The molecule has 35 heavy (non-hydrogen) atoms. The lowest BCUT2D eigenvalue weighted by molar-refractivity contribution is -0.148. The number of sulfonamides is 1. The quantitative estimate of drug-likeness (QED) is 0.233. The number of carbonyl (C=O) groups is 2. The van der Waals surface area contributed by atoms with Crippen LogP contribution in [-0.4, -0.2) is 31.1 Å². The number of halogens is 1. The monoisotopic (exact) mass is 558 g/mol. The number of unbranched alkanes of at least 4 members (excludes halogenated alkanes) is 1. The minimum Gasteiger partial charge on any atom is -0.478 e. The average Bonchev–Trinajstić information content (AvgIpc) is 2.82. The summed E-state index contributed by atoms with van der Waals surface area (Å²) in [7, 11) is -4.26. The molecular weight excluding hydrogens is 532 g/mol. The van der Waals surface area contributed by atoms with E-state index in [1.165, 1.54) is 12.1 Å². The Bertz CT molecular complexity index is 1260. The Morgan fingerprint density at radius 3 is 2.00 bits per heavy atom. The van der Waals surface area contributed by atoms with Gasteiger partial charge in [-0.3, -0.25) is 4.79 Å². The fourth-order valence-electron chi connectivity index (χ4n) is 3.76. The number of nitrogens with one attached hydrogen (secondary N) is 2. The van der Waals surface area contributed by atoms with E-state index >= 15 is 0 Å². The lowest BCUT2D eigenvalue weighted by Gasteiger charge is -2.31. The van der Waals surface area contributed by atoms with Crippen LogP contribution in [0, 0.1) is 0 Å². The first-order valence-corrected chi connectivity index (χ1v) is 13.3. The van der Waals surface area contributed by atoms with Crippen LogP contribution in [0.25, 0.3) is 11.1 Å². The van der Waals surface area contributed by atoms with Gasteiger partial charge in [-0.15, -0.1) is 0 Å². The average molecular weight is 559 g/mol. The number of hydrogen-bond acceptors (Lipinski definition) is 4. The Morgan fingerprint density at radius 1 is 0.886 bits per heavy atom. The maximum absolute atomic E-state index is 13.1. The van der Waals surface area contributed by atoms with E-state index in [-0.39, 0.29) is 11.3 Å². The van der Waals surface area contributed by atoms with Gasteiger partial charge in [-0.05, 0) is 66.6 Å². The molecule has 0 saturated carbocycles. The summed E-state index contributed by atoms with van der Waals surface area (Å²) in [6.07, 6.45) is 1.61. The van der Waals surface area contributed by atoms with Crippen molar-refractivity contribution in [3.8, 4) is 11.1 Å². The predicted molar refractivity (Wildman–Crippen MR) is 138 cm³/mol. The second kappa shape index (κ2) is 11.6. The van der Waals surface area contributed by atoms with Gasteiger partial charge in [0.25, 0.3) is 0 Å². The lowest BCUT2D eigenvalue weighted by atomic mass is 10.00. The summed E-state index contributed by atoms with van der Waals surface area (Å²) >= 11 is 3.38. The standard InChI is InChI=1S/C26H27BrN2O5S/c1-19(30)28-26(25(31)32,18-6-5-9-20-7-3-2-4-8-20)29-35(33,34)24-16-12-22(13-17-24)21-10-14-23(27)15-11-21/h2-4,7-8,10-17,29H,5-6,9,18H2,1H3,(H,28,30)(H,31,32). The van der Waals surface area contributed by atoms with Crippen molar-refractivity contribution in [2.45, 2.75) is 43.2 Å². The smallest absolute Gasteiger partial charge is 0.345 e. The van der Waals surface area contributed by atoms with Crippen LogP contribution in [0.3, 0.4) is 0 Å². The van der Waals surface area contributed by atoms with Gasteiger partial charge in [-0.1, -0.05) is 70.5 Å². The molecular formula is C26H27BrN2O5S. The van der Waals surface area contributed by atoms with E-state index < -0.39 is 27.6 Å². The SMILES string of the molecule is CC(=O)NC(CCCCc1ccccc1)(NS(=O)(=O)c1ccc(-c2ccc(Br)cc2)cc1)C(=O)O. The molecule has 0 aliphatic carbocycles. The highest BCUT2D eigenvalue weighted by molar-refractivity contribution is 9.10. The van der Waals surface area contributed by atoms with Crippen molar-refractivity contribution >= 4 is 37.8 Å². The van der Waals surface area contributed by atoms with Gasteiger partial charge in [-0.2, -0.15) is 4.72 Å². The van der Waals surface area contributed by atoms with E-state index in [4.69, 9.17) is 0 Å². The number of carboxylic acids is 1. The first kappa shape index (κ1) is 26.6. The molecule has 0 aliphatic rings. The van der Waals surface area contributed by atoms with Crippen LogP contribution in [-0.2, 0) is 26.0 Å². The third kappa shape index (κ3) is 7.24. The minimum atomic E-state index is -4.26. The number of carbonyl (C=O) groups excluding carboxylic acids is 1. The van der Waals surface area contributed by atoms with Crippen molar-refractivity contribution < 1.29 is 23.1 Å². The van der Waals surface area contributed by atoms with E-state index in [1.807, 2.05) is 54.6 Å². The van der Waals surface area contributed by atoms with E-state index in [2.05, 4.69) is 26.0 Å². The minimum absolute atomic E-state index is 0.0985. The van der Waals surface area contributed by atoms with E-state index in [1.54, 1.807) is 12.1 Å². The van der Waals surface area contributed by atoms with Gasteiger partial charge in [-0.25, -0.2) is 13.2 Å². The zero-order valence-electron chi connectivity index (χ0n) is 19.2. The molecule has 0 aromatic heterocycles. The summed E-state index contributed by atoms with van der Waals surface area (Å²) < 4.78 is 29.5. The first-order chi connectivity index (χ1) is 16.6. The number of carboxylic acid groups (broad SMARTS) is 1. The van der Waals surface area contributed by atoms with Gasteiger partial charge in [0.2, 0.25) is 21.6 Å². The Morgan fingerprint density at radius 2 is 1.46 bits per heavy atom. The van der Waals surface area contributed by atoms with E-state index in [0.29, 0.717) is 19.3 Å². The number of hydrogen-bond donors (Lipinski definition) is 3. The van der Waals surface area contributed by atoms with Crippen LogP contribution in [0.1, 0.15) is 31.7 Å². The summed E-state index contributed by atoms with van der Waals surface area (Å²) in [5, 5.41) is 12.3. The van der Waals surface area contributed by atoms with Crippen LogP contribution in [0.2, 0.25) is 0 Å². The molecule has 0 bridgehead atoms. The molecule has 184 valence electrons. The molecule has 3 aromatic carbocycles. The van der Waals surface area contributed by atoms with E-state index in [9.17, 15) is 23.1 Å². The molecule has 0 heterocycles. The highest BCUT2D eigenvalue weighted by Gasteiger charge is 2.43. The van der Waals surface area contributed by atoms with Crippen LogP contribution in [0.5, 0.6) is 0 Å². The number of aryl methyl sites for hydroxylation is 1. The molecule has 3 aromatic rings. The summed E-state index contributed by atoms with van der Waals surface area (Å²) in [5.74, 6) is -2.12. The highest BCUT2D eigenvalue weighted by atomic mass is 79.9. The molecule has 7 nitrogen and oxygen atoms in total. The third-order valence-corrected chi connectivity index (χ3v) is 7.55. The fourth-order valence-corrected chi connectivity index (χ4v) is 5.34. The fraction of sp³-hybridized carbons (Fsp3) is 0.231. The first-order valence-electron chi connectivity index (χ1n) is 11.1. The molecule has 3 N–H and O–H groups in total. The zero-order chi connectivity index (χ0) is 25.5.